The molecule has 0 bridgehead atoms. The average molecular weight is 510 g/mol. The summed E-state index contributed by atoms with van der Waals surface area (Å²) >= 11 is 0. The van der Waals surface area contributed by atoms with Crippen LogP contribution in [0.2, 0.25) is 0 Å². The van der Waals surface area contributed by atoms with Crippen LogP contribution in [0.1, 0.15) is 31.3 Å². The summed E-state index contributed by atoms with van der Waals surface area (Å²) in [6.45, 7) is 4.84. The Morgan fingerprint density at radius 1 is 1.03 bits per heavy atom. The van der Waals surface area contributed by atoms with Crippen molar-refractivity contribution >= 4 is 50.0 Å². The summed E-state index contributed by atoms with van der Waals surface area (Å²) in [6, 6.07) is 6.50. The maximum Gasteiger partial charge on any atom is 0.271 e. The van der Waals surface area contributed by atoms with Gasteiger partial charge in [-0.15, -0.1) is 0 Å². The second-order valence-electron chi connectivity index (χ2n) is 9.06. The first-order chi connectivity index (χ1) is 16.9. The van der Waals surface area contributed by atoms with Crippen LogP contribution >= 0.6 is 0 Å². The molecule has 0 fully saturated rings. The van der Waals surface area contributed by atoms with Crippen LogP contribution < -0.4 is 21.1 Å². The molecule has 0 atom stereocenters. The molecule has 0 aliphatic rings. The first kappa shape index (κ1) is 24.9. The molecule has 0 unspecified atom stereocenters. The Labute approximate surface area is 208 Å². The number of aryl methyl sites for hydroxylation is 1. The predicted octanol–water partition coefficient (Wildman–Crippen LogP) is 2.85. The van der Waals surface area contributed by atoms with Gasteiger partial charge in [0.15, 0.2) is 17.3 Å². The van der Waals surface area contributed by atoms with Crippen molar-refractivity contribution in [2.24, 2.45) is 12.8 Å². The molecule has 0 saturated heterocycles. The number of primary amides is 1. The molecule has 13 heteroatoms. The highest BCUT2D eigenvalue weighted by Gasteiger charge is 2.29. The lowest BCUT2D eigenvalue weighted by Crippen LogP contribution is -2.33. The van der Waals surface area contributed by atoms with E-state index in [9.17, 15) is 13.2 Å². The highest BCUT2D eigenvalue weighted by Crippen LogP contribution is 2.32. The number of benzene rings is 1. The van der Waals surface area contributed by atoms with Gasteiger partial charge in [0.2, 0.25) is 10.0 Å². The number of aromatic nitrogens is 5. The van der Waals surface area contributed by atoms with E-state index < -0.39 is 20.7 Å². The van der Waals surface area contributed by atoms with Crippen molar-refractivity contribution in [2.75, 3.05) is 22.4 Å². The molecule has 0 radical (unpaired) electrons. The number of carbonyl (C=O) groups excluding carboxylic acids is 1. The van der Waals surface area contributed by atoms with E-state index in [1.54, 1.807) is 70.8 Å². The second-order valence-corrected chi connectivity index (χ2v) is 11.5. The lowest BCUT2D eigenvalue weighted by Gasteiger charge is -2.20. The van der Waals surface area contributed by atoms with Crippen molar-refractivity contribution in [2.45, 2.75) is 25.5 Å². The zero-order valence-corrected chi connectivity index (χ0v) is 21.3. The van der Waals surface area contributed by atoms with Gasteiger partial charge in [0, 0.05) is 31.7 Å². The Morgan fingerprint density at radius 3 is 2.31 bits per heavy atom. The molecule has 4 rings (SSSR count). The van der Waals surface area contributed by atoms with Crippen LogP contribution in [0.5, 0.6) is 0 Å². The molecule has 36 heavy (non-hydrogen) atoms. The average Bonchev–Trinajstić information content (AvgIpc) is 3.20. The van der Waals surface area contributed by atoms with Crippen LogP contribution in [0, 0.1) is 0 Å². The summed E-state index contributed by atoms with van der Waals surface area (Å²) in [4.78, 5) is 30.1. The molecule has 3 aromatic heterocycles. The van der Waals surface area contributed by atoms with Gasteiger partial charge >= 0.3 is 0 Å². The van der Waals surface area contributed by atoms with Crippen molar-refractivity contribution < 1.29 is 13.2 Å². The van der Waals surface area contributed by atoms with Gasteiger partial charge < -0.3 is 20.9 Å². The zero-order valence-electron chi connectivity index (χ0n) is 20.5. The van der Waals surface area contributed by atoms with Crippen LogP contribution in [-0.4, -0.2) is 50.6 Å². The monoisotopic (exact) mass is 509 g/mol. The maximum absolute atomic E-state index is 12.4. The summed E-state index contributed by atoms with van der Waals surface area (Å²) in [5.41, 5.74) is 8.94. The number of hydrogen-bond acceptors (Lipinski definition) is 9. The molecule has 5 N–H and O–H groups in total. The van der Waals surface area contributed by atoms with E-state index in [0.29, 0.717) is 34.0 Å². The summed E-state index contributed by atoms with van der Waals surface area (Å²) in [5, 5.41) is 6.04. The predicted molar refractivity (Wildman–Crippen MR) is 140 cm³/mol. The summed E-state index contributed by atoms with van der Waals surface area (Å²) < 4.78 is 28.2. The van der Waals surface area contributed by atoms with E-state index in [1.807, 2.05) is 11.6 Å². The fourth-order valence-corrected chi connectivity index (χ4v) is 4.09. The van der Waals surface area contributed by atoms with E-state index >= 15 is 0 Å². The quantitative estimate of drug-likeness (QED) is 0.292. The van der Waals surface area contributed by atoms with Gasteiger partial charge in [-0.05, 0) is 45.0 Å². The number of rotatable bonds is 7. The molecule has 188 valence electrons. The minimum atomic E-state index is -3.57. The first-order valence-electron chi connectivity index (χ1n) is 11.0. The second kappa shape index (κ2) is 9.07. The topological polar surface area (TPSA) is 170 Å². The number of pyridine rings is 1. The molecule has 1 aromatic carbocycles. The van der Waals surface area contributed by atoms with Crippen LogP contribution in [0.4, 0.5) is 23.0 Å². The van der Waals surface area contributed by atoms with Crippen LogP contribution in [0.25, 0.3) is 22.3 Å². The van der Waals surface area contributed by atoms with Crippen molar-refractivity contribution in [3.8, 4) is 11.3 Å². The van der Waals surface area contributed by atoms with Crippen LogP contribution in [0.15, 0.2) is 43.0 Å². The molecule has 0 aliphatic heterocycles. The Balaban J connectivity index is 1.71. The van der Waals surface area contributed by atoms with Gasteiger partial charge in [-0.2, -0.15) is 0 Å². The minimum absolute atomic E-state index is 0.0746. The number of fused-ring (bicyclic) bond motifs is 1. The zero-order chi connectivity index (χ0) is 26.3. The van der Waals surface area contributed by atoms with Gasteiger partial charge in [0.05, 0.1) is 28.4 Å². The first-order valence-corrected chi connectivity index (χ1v) is 12.4. The van der Waals surface area contributed by atoms with E-state index in [4.69, 9.17) is 5.73 Å². The lowest BCUT2D eigenvalue weighted by molar-refractivity contribution is 0.0996. The summed E-state index contributed by atoms with van der Waals surface area (Å²) in [5.74, 6) is -0.249. The SMILES string of the molecule is CNc1nc(Nc2ccc(NS(=O)(=O)C(C)(C)C)cc2)c(C(N)=O)nc1-c1cncc2c1ncn2C. The number of sulfonamides is 1. The molecule has 0 aliphatic carbocycles. The molecule has 0 spiro atoms. The Kier molecular flexibility index (Phi) is 6.26. The fourth-order valence-electron chi connectivity index (χ4n) is 3.34. The van der Waals surface area contributed by atoms with E-state index in [-0.39, 0.29) is 11.5 Å². The minimum Gasteiger partial charge on any atom is -0.371 e. The standard InChI is InChI=1S/C23H27N9O3S/c1-23(2,3)36(34,35)31-14-8-6-13(7-9-14)28-22-19(20(24)33)29-18(21(25-4)30-22)15-10-26-11-16-17(15)27-12-32(16)5/h6-12,31H,1-5H3,(H2,24,33)(H2,25,28,30). The highest BCUT2D eigenvalue weighted by molar-refractivity contribution is 7.94. The normalized spacial score (nSPS) is 11.9. The molecule has 0 saturated carbocycles. The number of carbonyl (C=O) groups is 1. The Hall–Kier alpha value is -4.26. The number of imidazole rings is 1. The van der Waals surface area contributed by atoms with Crippen molar-refractivity contribution in [1.29, 1.82) is 0 Å². The van der Waals surface area contributed by atoms with E-state index in [2.05, 4.69) is 35.3 Å². The maximum atomic E-state index is 12.4. The third-order valence-corrected chi connectivity index (χ3v) is 7.58. The van der Waals surface area contributed by atoms with Crippen LogP contribution in [0.3, 0.4) is 0 Å². The molecule has 4 aromatic rings. The molecular weight excluding hydrogens is 482 g/mol. The van der Waals surface area contributed by atoms with Gasteiger partial charge in [-0.25, -0.2) is 23.4 Å². The largest absolute Gasteiger partial charge is 0.371 e. The molecule has 1 amide bonds. The highest BCUT2D eigenvalue weighted by atomic mass is 32.2. The number of amides is 1. The molecule has 3 heterocycles. The van der Waals surface area contributed by atoms with Gasteiger partial charge in [0.25, 0.3) is 5.91 Å². The number of nitrogens with two attached hydrogens (primary N) is 1. The number of anilines is 4. The number of nitrogens with one attached hydrogen (secondary N) is 3. The Bertz CT molecular complexity index is 1560. The molecular formula is C23H27N9O3S. The summed E-state index contributed by atoms with van der Waals surface area (Å²) in [7, 11) is -0.0311. The van der Waals surface area contributed by atoms with Crippen molar-refractivity contribution in [3.63, 3.8) is 0 Å². The van der Waals surface area contributed by atoms with Crippen molar-refractivity contribution in [3.05, 3.63) is 48.7 Å². The van der Waals surface area contributed by atoms with E-state index in [0.717, 1.165) is 5.52 Å². The molecule has 12 nitrogen and oxygen atoms in total. The Morgan fingerprint density at radius 2 is 1.69 bits per heavy atom. The third-order valence-electron chi connectivity index (χ3n) is 5.47. The fraction of sp³-hybridized carbons (Fsp3) is 0.261. The number of hydrogen-bond donors (Lipinski definition) is 4. The van der Waals surface area contributed by atoms with Gasteiger partial charge in [-0.3, -0.25) is 14.5 Å². The van der Waals surface area contributed by atoms with Crippen molar-refractivity contribution in [1.82, 2.24) is 24.5 Å². The summed E-state index contributed by atoms with van der Waals surface area (Å²) in [6.07, 6.45) is 4.96. The lowest BCUT2D eigenvalue weighted by atomic mass is 10.1. The van der Waals surface area contributed by atoms with Crippen LogP contribution in [-0.2, 0) is 17.1 Å². The van der Waals surface area contributed by atoms with Gasteiger partial charge in [-0.1, -0.05) is 0 Å². The van der Waals surface area contributed by atoms with E-state index in [1.165, 1.54) is 0 Å². The van der Waals surface area contributed by atoms with Gasteiger partial charge in [0.1, 0.15) is 11.2 Å². The number of nitrogens with zero attached hydrogens (tertiary/aromatic N) is 5. The third kappa shape index (κ3) is 4.64. The smallest absolute Gasteiger partial charge is 0.271 e.